The van der Waals surface area contributed by atoms with Crippen LogP contribution in [0.15, 0.2) is 24.3 Å². The van der Waals surface area contributed by atoms with E-state index >= 15 is 0 Å². The lowest BCUT2D eigenvalue weighted by Crippen LogP contribution is -2.27. The average molecular weight is 235 g/mol. The molecule has 17 heavy (non-hydrogen) atoms. The molecule has 0 aromatic heterocycles. The number of hydrogen-bond donors (Lipinski definition) is 1. The van der Waals surface area contributed by atoms with E-state index < -0.39 is 11.7 Å². The Bertz CT molecular complexity index is 391. The SMILES string of the molecule is CC(C)c1ccccc1NC(=O)OC(C)(C)C. The van der Waals surface area contributed by atoms with E-state index in [1.807, 2.05) is 45.0 Å². The van der Waals surface area contributed by atoms with Crippen LogP contribution in [0.1, 0.15) is 46.1 Å². The van der Waals surface area contributed by atoms with Crippen LogP contribution in [0, 0.1) is 0 Å². The molecule has 0 spiro atoms. The van der Waals surface area contributed by atoms with Gasteiger partial charge in [0.15, 0.2) is 0 Å². The molecule has 0 atom stereocenters. The Morgan fingerprint density at radius 1 is 1.24 bits per heavy atom. The first-order chi connectivity index (χ1) is 7.79. The van der Waals surface area contributed by atoms with E-state index in [-0.39, 0.29) is 0 Å². The van der Waals surface area contributed by atoms with Crippen molar-refractivity contribution in [1.82, 2.24) is 0 Å². The fourth-order valence-corrected chi connectivity index (χ4v) is 1.53. The summed E-state index contributed by atoms with van der Waals surface area (Å²) in [5.74, 6) is 0.362. The van der Waals surface area contributed by atoms with E-state index in [4.69, 9.17) is 4.74 Å². The first kappa shape index (κ1) is 13.6. The Hall–Kier alpha value is -1.51. The lowest BCUT2D eigenvalue weighted by atomic mass is 10.0. The maximum Gasteiger partial charge on any atom is 0.412 e. The molecule has 1 amide bonds. The van der Waals surface area contributed by atoms with Gasteiger partial charge in [0.2, 0.25) is 0 Å². The van der Waals surface area contributed by atoms with E-state index in [0.29, 0.717) is 5.92 Å². The number of rotatable bonds is 2. The number of hydrogen-bond acceptors (Lipinski definition) is 2. The predicted octanol–water partition coefficient (Wildman–Crippen LogP) is 4.16. The first-order valence-electron chi connectivity index (χ1n) is 5.88. The summed E-state index contributed by atoms with van der Waals surface area (Å²) < 4.78 is 5.23. The number of ether oxygens (including phenoxy) is 1. The molecule has 0 aliphatic carbocycles. The normalized spacial score (nSPS) is 11.4. The van der Waals surface area contributed by atoms with Crippen LogP contribution < -0.4 is 5.32 Å². The highest BCUT2D eigenvalue weighted by Gasteiger charge is 2.17. The van der Waals surface area contributed by atoms with Crippen molar-refractivity contribution in [1.29, 1.82) is 0 Å². The number of anilines is 1. The Kier molecular flexibility index (Phi) is 4.16. The first-order valence-corrected chi connectivity index (χ1v) is 5.88. The zero-order chi connectivity index (χ0) is 13.1. The molecule has 0 unspecified atom stereocenters. The van der Waals surface area contributed by atoms with Gasteiger partial charge in [-0.05, 0) is 38.3 Å². The van der Waals surface area contributed by atoms with Crippen LogP contribution in [0.2, 0.25) is 0 Å². The molecular weight excluding hydrogens is 214 g/mol. The van der Waals surface area contributed by atoms with Crippen LogP contribution in [0.5, 0.6) is 0 Å². The van der Waals surface area contributed by atoms with Crippen molar-refractivity contribution in [3.63, 3.8) is 0 Å². The summed E-state index contributed by atoms with van der Waals surface area (Å²) in [6.07, 6.45) is -0.411. The van der Waals surface area contributed by atoms with Gasteiger partial charge in [0.05, 0.1) is 0 Å². The van der Waals surface area contributed by atoms with Crippen molar-refractivity contribution >= 4 is 11.8 Å². The summed E-state index contributed by atoms with van der Waals surface area (Å²) in [5, 5.41) is 2.79. The number of carbonyl (C=O) groups excluding carboxylic acids is 1. The third kappa shape index (κ3) is 4.47. The number of para-hydroxylation sites is 1. The number of amides is 1. The van der Waals surface area contributed by atoms with Gasteiger partial charge in [0.1, 0.15) is 5.60 Å². The van der Waals surface area contributed by atoms with E-state index in [0.717, 1.165) is 11.3 Å². The van der Waals surface area contributed by atoms with Gasteiger partial charge in [-0.1, -0.05) is 32.0 Å². The summed E-state index contributed by atoms with van der Waals surface area (Å²) in [7, 11) is 0. The lowest BCUT2D eigenvalue weighted by Gasteiger charge is -2.21. The fourth-order valence-electron chi connectivity index (χ4n) is 1.53. The molecular formula is C14H21NO2. The van der Waals surface area contributed by atoms with Gasteiger partial charge < -0.3 is 4.74 Å². The summed E-state index contributed by atoms with van der Waals surface area (Å²) in [6.45, 7) is 9.73. The molecule has 0 heterocycles. The maximum atomic E-state index is 11.7. The van der Waals surface area contributed by atoms with Crippen LogP contribution in [-0.4, -0.2) is 11.7 Å². The third-order valence-electron chi connectivity index (χ3n) is 2.22. The Morgan fingerprint density at radius 2 is 1.82 bits per heavy atom. The molecule has 1 aromatic rings. The van der Waals surface area contributed by atoms with Crippen LogP contribution in [-0.2, 0) is 4.74 Å². The Balaban J connectivity index is 2.78. The topological polar surface area (TPSA) is 38.3 Å². The van der Waals surface area contributed by atoms with E-state index in [2.05, 4.69) is 19.2 Å². The summed E-state index contributed by atoms with van der Waals surface area (Å²) in [4.78, 5) is 11.7. The second-order valence-electron chi connectivity index (χ2n) is 5.37. The van der Waals surface area contributed by atoms with Crippen molar-refractivity contribution in [2.24, 2.45) is 0 Å². The van der Waals surface area contributed by atoms with E-state index in [9.17, 15) is 4.79 Å². The smallest absolute Gasteiger partial charge is 0.412 e. The van der Waals surface area contributed by atoms with E-state index in [1.54, 1.807) is 0 Å². The highest BCUT2D eigenvalue weighted by Crippen LogP contribution is 2.24. The molecule has 0 bridgehead atoms. The van der Waals surface area contributed by atoms with Crippen molar-refractivity contribution in [2.75, 3.05) is 5.32 Å². The van der Waals surface area contributed by atoms with Crippen molar-refractivity contribution in [3.05, 3.63) is 29.8 Å². The molecule has 94 valence electrons. The zero-order valence-corrected chi connectivity index (χ0v) is 11.2. The minimum atomic E-state index is -0.475. The van der Waals surface area contributed by atoms with Crippen molar-refractivity contribution < 1.29 is 9.53 Å². The third-order valence-corrected chi connectivity index (χ3v) is 2.22. The minimum absolute atomic E-state index is 0.362. The lowest BCUT2D eigenvalue weighted by molar-refractivity contribution is 0.0636. The maximum absolute atomic E-state index is 11.7. The highest BCUT2D eigenvalue weighted by atomic mass is 16.6. The van der Waals surface area contributed by atoms with Crippen molar-refractivity contribution in [3.8, 4) is 0 Å². The average Bonchev–Trinajstić information content (AvgIpc) is 2.14. The molecule has 0 fully saturated rings. The zero-order valence-electron chi connectivity index (χ0n) is 11.2. The molecule has 0 radical (unpaired) electrons. The van der Waals surface area contributed by atoms with Gasteiger partial charge in [-0.25, -0.2) is 4.79 Å². The molecule has 1 rings (SSSR count). The molecule has 3 heteroatoms. The minimum Gasteiger partial charge on any atom is -0.444 e. The molecule has 0 saturated heterocycles. The van der Waals surface area contributed by atoms with E-state index in [1.165, 1.54) is 0 Å². The van der Waals surface area contributed by atoms with Gasteiger partial charge in [-0.15, -0.1) is 0 Å². The highest BCUT2D eigenvalue weighted by molar-refractivity contribution is 5.86. The molecule has 0 saturated carbocycles. The number of carbonyl (C=O) groups is 1. The molecule has 1 N–H and O–H groups in total. The fraction of sp³-hybridized carbons (Fsp3) is 0.500. The summed E-state index contributed by atoms with van der Waals surface area (Å²) in [5.41, 5.74) is 1.45. The quantitative estimate of drug-likeness (QED) is 0.836. The number of benzene rings is 1. The molecule has 3 nitrogen and oxygen atoms in total. The second-order valence-corrected chi connectivity index (χ2v) is 5.37. The van der Waals surface area contributed by atoms with Crippen molar-refractivity contribution in [2.45, 2.75) is 46.1 Å². The standard InChI is InChI=1S/C14H21NO2/c1-10(2)11-8-6-7-9-12(11)15-13(16)17-14(3,4)5/h6-10H,1-5H3,(H,15,16). The van der Waals surface area contributed by atoms with Gasteiger partial charge in [-0.2, -0.15) is 0 Å². The van der Waals surface area contributed by atoms with Gasteiger partial charge in [-0.3, -0.25) is 5.32 Å². The summed E-state index contributed by atoms with van der Waals surface area (Å²) in [6, 6.07) is 7.77. The van der Waals surface area contributed by atoms with Gasteiger partial charge in [0.25, 0.3) is 0 Å². The van der Waals surface area contributed by atoms with Crippen LogP contribution in [0.3, 0.4) is 0 Å². The van der Waals surface area contributed by atoms with Crippen LogP contribution >= 0.6 is 0 Å². The molecule has 0 aliphatic heterocycles. The Labute approximate surface area is 103 Å². The largest absolute Gasteiger partial charge is 0.444 e. The predicted molar refractivity (Wildman–Crippen MR) is 70.4 cm³/mol. The summed E-state index contributed by atoms with van der Waals surface area (Å²) >= 11 is 0. The van der Waals surface area contributed by atoms with Gasteiger partial charge in [0, 0.05) is 5.69 Å². The Morgan fingerprint density at radius 3 is 2.35 bits per heavy atom. The molecule has 1 aromatic carbocycles. The van der Waals surface area contributed by atoms with Crippen LogP contribution in [0.4, 0.5) is 10.5 Å². The monoisotopic (exact) mass is 235 g/mol. The van der Waals surface area contributed by atoms with Gasteiger partial charge >= 0.3 is 6.09 Å². The number of nitrogens with one attached hydrogen (secondary N) is 1. The second kappa shape index (κ2) is 5.21. The van der Waals surface area contributed by atoms with Crippen LogP contribution in [0.25, 0.3) is 0 Å². The molecule has 0 aliphatic rings.